The molecule has 30 heavy (non-hydrogen) atoms. The standard InChI is InChI=1S/C23H28FN5O/c24-20-7-2-1-6-19(20)22(30)28-10-8-17-16-25-23(26-21(17)9-11-28)29-14-12-27(13-15-29)18-4-3-5-18/h1-2,6-7,16,18H,3-5,8-15H2. The number of carbonyl (C=O) groups excluding carboxylic acids is 1. The van der Waals surface area contributed by atoms with Gasteiger partial charge in [0, 0.05) is 57.9 Å². The second-order valence-corrected chi connectivity index (χ2v) is 8.52. The number of nitrogens with zero attached hydrogens (tertiary/aromatic N) is 5. The normalized spacial score (nSPS) is 20.4. The predicted octanol–water partition coefficient (Wildman–Crippen LogP) is 2.53. The van der Waals surface area contributed by atoms with E-state index in [0.717, 1.165) is 49.4 Å². The van der Waals surface area contributed by atoms with Crippen LogP contribution < -0.4 is 4.90 Å². The van der Waals surface area contributed by atoms with E-state index in [0.29, 0.717) is 25.9 Å². The van der Waals surface area contributed by atoms with Crippen molar-refractivity contribution in [2.24, 2.45) is 0 Å². The Kier molecular flexibility index (Phi) is 5.37. The molecule has 7 heteroatoms. The zero-order valence-electron chi connectivity index (χ0n) is 17.3. The number of aromatic nitrogens is 2. The van der Waals surface area contributed by atoms with Gasteiger partial charge in [0.1, 0.15) is 5.82 Å². The van der Waals surface area contributed by atoms with E-state index in [9.17, 15) is 9.18 Å². The van der Waals surface area contributed by atoms with E-state index < -0.39 is 5.82 Å². The first kappa shape index (κ1) is 19.4. The Bertz CT molecular complexity index is 924. The van der Waals surface area contributed by atoms with Gasteiger partial charge >= 0.3 is 0 Å². The molecule has 2 fully saturated rings. The van der Waals surface area contributed by atoms with Crippen molar-refractivity contribution in [3.05, 3.63) is 53.1 Å². The first-order chi connectivity index (χ1) is 14.7. The molecule has 0 spiro atoms. The molecule has 1 aliphatic carbocycles. The van der Waals surface area contributed by atoms with E-state index >= 15 is 0 Å². The van der Waals surface area contributed by atoms with Gasteiger partial charge < -0.3 is 9.80 Å². The molecule has 0 radical (unpaired) electrons. The van der Waals surface area contributed by atoms with Crippen LogP contribution in [0.3, 0.4) is 0 Å². The number of carbonyl (C=O) groups is 1. The smallest absolute Gasteiger partial charge is 0.256 e. The lowest BCUT2D eigenvalue weighted by atomic mass is 9.91. The van der Waals surface area contributed by atoms with Crippen LogP contribution in [0.2, 0.25) is 0 Å². The van der Waals surface area contributed by atoms with Crippen molar-refractivity contribution in [2.75, 3.05) is 44.2 Å². The van der Waals surface area contributed by atoms with E-state index in [2.05, 4.69) is 14.8 Å². The predicted molar refractivity (Wildman–Crippen MR) is 113 cm³/mol. The second kappa shape index (κ2) is 8.30. The van der Waals surface area contributed by atoms with Gasteiger partial charge in [-0.15, -0.1) is 0 Å². The van der Waals surface area contributed by atoms with E-state index in [1.165, 1.54) is 25.3 Å². The summed E-state index contributed by atoms with van der Waals surface area (Å²) in [5.41, 5.74) is 2.25. The third-order valence-corrected chi connectivity index (χ3v) is 6.79. The molecule has 0 unspecified atom stereocenters. The molecule has 6 nitrogen and oxygen atoms in total. The minimum Gasteiger partial charge on any atom is -0.338 e. The molecule has 1 saturated heterocycles. The number of rotatable bonds is 3. The van der Waals surface area contributed by atoms with Gasteiger partial charge in [-0.1, -0.05) is 18.6 Å². The average Bonchev–Trinajstić information content (AvgIpc) is 2.95. The highest BCUT2D eigenvalue weighted by atomic mass is 19.1. The fraction of sp³-hybridized carbons (Fsp3) is 0.522. The number of benzene rings is 1. The van der Waals surface area contributed by atoms with Crippen molar-refractivity contribution in [1.82, 2.24) is 19.8 Å². The van der Waals surface area contributed by atoms with E-state index in [1.54, 1.807) is 23.1 Å². The lowest BCUT2D eigenvalue weighted by Gasteiger charge is -2.43. The highest BCUT2D eigenvalue weighted by molar-refractivity contribution is 5.94. The van der Waals surface area contributed by atoms with Crippen LogP contribution >= 0.6 is 0 Å². The van der Waals surface area contributed by atoms with Crippen molar-refractivity contribution in [3.63, 3.8) is 0 Å². The summed E-state index contributed by atoms with van der Waals surface area (Å²) in [6, 6.07) is 6.98. The first-order valence-corrected chi connectivity index (χ1v) is 11.1. The third-order valence-electron chi connectivity index (χ3n) is 6.79. The third kappa shape index (κ3) is 3.78. The molecule has 1 aromatic heterocycles. The molecule has 1 amide bonds. The van der Waals surface area contributed by atoms with Crippen molar-refractivity contribution in [2.45, 2.75) is 38.1 Å². The summed E-state index contributed by atoms with van der Waals surface area (Å²) < 4.78 is 14.0. The maximum Gasteiger partial charge on any atom is 0.256 e. The molecule has 1 saturated carbocycles. The van der Waals surface area contributed by atoms with Crippen LogP contribution in [0.5, 0.6) is 0 Å². The number of fused-ring (bicyclic) bond motifs is 1. The molecule has 5 rings (SSSR count). The van der Waals surface area contributed by atoms with Crippen molar-refractivity contribution >= 4 is 11.9 Å². The largest absolute Gasteiger partial charge is 0.338 e. The quantitative estimate of drug-likeness (QED) is 0.780. The Hall–Kier alpha value is -2.54. The summed E-state index contributed by atoms with van der Waals surface area (Å²) in [4.78, 5) is 28.9. The van der Waals surface area contributed by atoms with Crippen LogP contribution in [-0.4, -0.2) is 71.0 Å². The van der Waals surface area contributed by atoms with Crippen LogP contribution in [-0.2, 0) is 12.8 Å². The maximum atomic E-state index is 14.0. The van der Waals surface area contributed by atoms with Gasteiger partial charge in [0.2, 0.25) is 5.95 Å². The van der Waals surface area contributed by atoms with Gasteiger partial charge in [0.15, 0.2) is 0 Å². The molecule has 2 aliphatic heterocycles. The SMILES string of the molecule is O=C(c1ccccc1F)N1CCc2cnc(N3CCN(C4CCC4)CC3)nc2CC1. The highest BCUT2D eigenvalue weighted by Crippen LogP contribution is 2.26. The zero-order valence-corrected chi connectivity index (χ0v) is 17.3. The Balaban J connectivity index is 1.25. The number of hydrogen-bond donors (Lipinski definition) is 0. The van der Waals surface area contributed by atoms with Crippen LogP contribution in [0.4, 0.5) is 10.3 Å². The topological polar surface area (TPSA) is 52.6 Å². The Labute approximate surface area is 176 Å². The van der Waals surface area contributed by atoms with E-state index in [-0.39, 0.29) is 11.5 Å². The van der Waals surface area contributed by atoms with Crippen LogP contribution in [0.15, 0.2) is 30.5 Å². The van der Waals surface area contributed by atoms with Gasteiger partial charge in [0.25, 0.3) is 5.91 Å². The van der Waals surface area contributed by atoms with Gasteiger partial charge in [-0.25, -0.2) is 14.4 Å². The number of halogens is 1. The lowest BCUT2D eigenvalue weighted by Crippen LogP contribution is -2.52. The minimum absolute atomic E-state index is 0.138. The molecule has 0 N–H and O–H groups in total. The van der Waals surface area contributed by atoms with Crippen molar-refractivity contribution < 1.29 is 9.18 Å². The molecule has 3 heterocycles. The van der Waals surface area contributed by atoms with Gasteiger partial charge in [-0.3, -0.25) is 9.69 Å². The summed E-state index contributed by atoms with van der Waals surface area (Å²) in [6.45, 7) is 5.20. The number of piperazine rings is 1. The summed E-state index contributed by atoms with van der Waals surface area (Å²) in [5, 5.41) is 0. The molecular weight excluding hydrogens is 381 g/mol. The highest BCUT2D eigenvalue weighted by Gasteiger charge is 2.29. The molecule has 1 aromatic carbocycles. The number of amides is 1. The van der Waals surface area contributed by atoms with Crippen LogP contribution in [0.25, 0.3) is 0 Å². The fourth-order valence-corrected chi connectivity index (χ4v) is 4.66. The summed E-state index contributed by atoms with van der Waals surface area (Å²) >= 11 is 0. The van der Waals surface area contributed by atoms with Gasteiger partial charge in [0.05, 0.1) is 11.3 Å². The Morgan fingerprint density at radius 2 is 1.77 bits per heavy atom. The minimum atomic E-state index is -0.465. The monoisotopic (exact) mass is 409 g/mol. The van der Waals surface area contributed by atoms with Crippen molar-refractivity contribution in [3.8, 4) is 0 Å². The fourth-order valence-electron chi connectivity index (χ4n) is 4.66. The molecule has 158 valence electrons. The molecular formula is C23H28FN5O. The molecule has 3 aliphatic rings. The summed E-state index contributed by atoms with van der Waals surface area (Å²) in [6.07, 6.45) is 7.36. The van der Waals surface area contributed by atoms with E-state index in [1.807, 2.05) is 6.20 Å². The lowest BCUT2D eigenvalue weighted by molar-refractivity contribution is 0.0758. The van der Waals surface area contributed by atoms with Gasteiger partial charge in [-0.05, 0) is 37.0 Å². The maximum absolute atomic E-state index is 14.0. The number of anilines is 1. The molecule has 2 aromatic rings. The Morgan fingerprint density at radius 1 is 1.00 bits per heavy atom. The zero-order chi connectivity index (χ0) is 20.5. The van der Waals surface area contributed by atoms with E-state index in [4.69, 9.17) is 4.98 Å². The Morgan fingerprint density at radius 3 is 2.50 bits per heavy atom. The average molecular weight is 410 g/mol. The molecule has 0 atom stereocenters. The first-order valence-electron chi connectivity index (χ1n) is 11.1. The van der Waals surface area contributed by atoms with Crippen molar-refractivity contribution in [1.29, 1.82) is 0 Å². The van der Waals surface area contributed by atoms with Gasteiger partial charge in [-0.2, -0.15) is 0 Å². The second-order valence-electron chi connectivity index (χ2n) is 8.52. The van der Waals surface area contributed by atoms with Crippen LogP contribution in [0.1, 0.15) is 40.9 Å². The van der Waals surface area contributed by atoms with Crippen LogP contribution in [0, 0.1) is 5.82 Å². The summed E-state index contributed by atoms with van der Waals surface area (Å²) in [5.74, 6) is 0.0875. The number of hydrogen-bond acceptors (Lipinski definition) is 5. The molecule has 0 bridgehead atoms. The summed E-state index contributed by atoms with van der Waals surface area (Å²) in [7, 11) is 0.